The van der Waals surface area contributed by atoms with Crippen molar-refractivity contribution in [3.05, 3.63) is 51.1 Å². The van der Waals surface area contributed by atoms with E-state index in [2.05, 4.69) is 29.8 Å². The third-order valence-electron chi connectivity index (χ3n) is 4.27. The summed E-state index contributed by atoms with van der Waals surface area (Å²) in [6, 6.07) is 3.24. The van der Waals surface area contributed by atoms with Crippen LogP contribution in [-0.2, 0) is 0 Å². The number of rotatable bonds is 2. The van der Waals surface area contributed by atoms with Gasteiger partial charge in [0.2, 0.25) is 5.95 Å². The van der Waals surface area contributed by atoms with Gasteiger partial charge in [-0.25, -0.2) is 15.0 Å². The van der Waals surface area contributed by atoms with E-state index < -0.39 is 0 Å². The van der Waals surface area contributed by atoms with Gasteiger partial charge in [0.1, 0.15) is 5.82 Å². The highest BCUT2D eigenvalue weighted by Gasteiger charge is 2.20. The number of H-pyrrole nitrogens is 2. The molecule has 9 heteroatoms. The summed E-state index contributed by atoms with van der Waals surface area (Å²) in [7, 11) is 0. The lowest BCUT2D eigenvalue weighted by atomic mass is 10.2. The van der Waals surface area contributed by atoms with Crippen LogP contribution in [0.3, 0.4) is 0 Å². The molecule has 3 aromatic heterocycles. The Hall–Kier alpha value is -3.23. The minimum absolute atomic E-state index is 0.146. The van der Waals surface area contributed by atoms with Crippen LogP contribution < -0.4 is 20.9 Å². The zero-order chi connectivity index (χ0) is 17.4. The Morgan fingerprint density at radius 1 is 1.04 bits per heavy atom. The number of nitrogens with zero attached hydrogens (tertiary/aromatic N) is 5. The number of anilines is 2. The summed E-state index contributed by atoms with van der Waals surface area (Å²) >= 11 is 0. The lowest BCUT2D eigenvalue weighted by Gasteiger charge is -2.35. The van der Waals surface area contributed by atoms with Crippen LogP contribution in [0.15, 0.2) is 34.2 Å². The van der Waals surface area contributed by atoms with Gasteiger partial charge in [0.15, 0.2) is 0 Å². The van der Waals surface area contributed by atoms with Crippen molar-refractivity contribution in [2.24, 2.45) is 0 Å². The first-order chi connectivity index (χ1) is 12.1. The fourth-order valence-electron chi connectivity index (χ4n) is 2.99. The van der Waals surface area contributed by atoms with Crippen LogP contribution in [0.4, 0.5) is 11.8 Å². The predicted molar refractivity (Wildman–Crippen MR) is 94.2 cm³/mol. The maximum atomic E-state index is 11.9. The molecule has 9 nitrogen and oxygen atoms in total. The van der Waals surface area contributed by atoms with Crippen molar-refractivity contribution < 1.29 is 0 Å². The SMILES string of the molecule is Cc1cc(=O)[nH]c(N2CCN(c3cc4c(=O)[nH]cnc4cn3)CC2)n1. The van der Waals surface area contributed by atoms with Gasteiger partial charge < -0.3 is 14.8 Å². The van der Waals surface area contributed by atoms with Gasteiger partial charge in [0.05, 0.1) is 23.4 Å². The first kappa shape index (κ1) is 15.3. The maximum absolute atomic E-state index is 11.9. The number of pyridine rings is 1. The molecule has 128 valence electrons. The van der Waals surface area contributed by atoms with Crippen LogP contribution in [0.1, 0.15) is 5.69 Å². The molecule has 3 aromatic rings. The molecular weight excluding hydrogens is 322 g/mol. The van der Waals surface area contributed by atoms with E-state index >= 15 is 0 Å². The Kier molecular flexibility index (Phi) is 3.68. The Balaban J connectivity index is 1.55. The summed E-state index contributed by atoms with van der Waals surface area (Å²) < 4.78 is 0. The summed E-state index contributed by atoms with van der Waals surface area (Å²) in [4.78, 5) is 46.0. The monoisotopic (exact) mass is 339 g/mol. The molecule has 0 radical (unpaired) electrons. The average molecular weight is 339 g/mol. The van der Waals surface area contributed by atoms with Crippen LogP contribution >= 0.6 is 0 Å². The molecule has 4 rings (SSSR count). The average Bonchev–Trinajstić information content (AvgIpc) is 2.61. The van der Waals surface area contributed by atoms with Crippen LogP contribution in [-0.4, -0.2) is 51.1 Å². The molecule has 1 fully saturated rings. The highest BCUT2D eigenvalue weighted by molar-refractivity contribution is 5.79. The molecule has 0 spiro atoms. The second-order valence-electron chi connectivity index (χ2n) is 5.98. The zero-order valence-corrected chi connectivity index (χ0v) is 13.7. The number of hydrogen-bond acceptors (Lipinski definition) is 7. The van der Waals surface area contributed by atoms with Crippen molar-refractivity contribution in [1.82, 2.24) is 24.9 Å². The minimum atomic E-state index is -0.172. The molecule has 1 aliphatic rings. The maximum Gasteiger partial charge on any atom is 0.258 e. The highest BCUT2D eigenvalue weighted by Crippen LogP contribution is 2.18. The van der Waals surface area contributed by atoms with Crippen molar-refractivity contribution >= 4 is 22.7 Å². The van der Waals surface area contributed by atoms with Gasteiger partial charge in [0.25, 0.3) is 11.1 Å². The first-order valence-electron chi connectivity index (χ1n) is 8.01. The molecule has 0 aliphatic carbocycles. The molecule has 25 heavy (non-hydrogen) atoms. The van der Waals surface area contributed by atoms with Crippen molar-refractivity contribution in [2.75, 3.05) is 36.0 Å². The van der Waals surface area contributed by atoms with E-state index in [1.807, 2.05) is 4.90 Å². The standard InChI is InChI=1S/C16H17N7O2/c1-10-6-14(24)21-16(20-10)23-4-2-22(3-5-23)13-7-11-12(8-17-13)18-9-19-15(11)25/h6-9H,2-5H2,1H3,(H,18,19,25)(H,20,21,24). The molecule has 2 N–H and O–H groups in total. The van der Waals surface area contributed by atoms with Gasteiger partial charge in [-0.1, -0.05) is 0 Å². The van der Waals surface area contributed by atoms with E-state index in [4.69, 9.17) is 0 Å². The normalized spacial score (nSPS) is 14.9. The van der Waals surface area contributed by atoms with Crippen molar-refractivity contribution in [2.45, 2.75) is 6.92 Å². The van der Waals surface area contributed by atoms with Gasteiger partial charge in [-0.3, -0.25) is 14.6 Å². The second kappa shape index (κ2) is 6.00. The third kappa shape index (κ3) is 2.95. The van der Waals surface area contributed by atoms with E-state index in [9.17, 15) is 9.59 Å². The summed E-state index contributed by atoms with van der Waals surface area (Å²) in [5, 5.41) is 0.527. The number of aryl methyl sites for hydroxylation is 1. The highest BCUT2D eigenvalue weighted by atomic mass is 16.1. The molecule has 0 bridgehead atoms. The molecule has 0 amide bonds. The largest absolute Gasteiger partial charge is 0.353 e. The fraction of sp³-hybridized carbons (Fsp3) is 0.312. The van der Waals surface area contributed by atoms with Crippen LogP contribution in [0.25, 0.3) is 10.9 Å². The number of aromatic amines is 2. The molecule has 0 atom stereocenters. The van der Waals surface area contributed by atoms with E-state index in [1.54, 1.807) is 19.2 Å². The summed E-state index contributed by atoms with van der Waals surface area (Å²) in [5.41, 5.74) is 0.957. The lowest BCUT2D eigenvalue weighted by molar-refractivity contribution is 0.633. The van der Waals surface area contributed by atoms with Gasteiger partial charge in [-0.05, 0) is 13.0 Å². The van der Waals surface area contributed by atoms with E-state index in [1.165, 1.54) is 12.4 Å². The van der Waals surface area contributed by atoms with E-state index in [0.717, 1.165) is 5.82 Å². The minimum Gasteiger partial charge on any atom is -0.353 e. The molecule has 4 heterocycles. The second-order valence-corrected chi connectivity index (χ2v) is 5.98. The van der Waals surface area contributed by atoms with Gasteiger partial charge >= 0.3 is 0 Å². The van der Waals surface area contributed by atoms with Crippen LogP contribution in [0.2, 0.25) is 0 Å². The molecule has 1 aliphatic heterocycles. The summed E-state index contributed by atoms with van der Waals surface area (Å²) in [6.07, 6.45) is 2.99. The fourth-order valence-corrected chi connectivity index (χ4v) is 2.99. The number of aromatic nitrogens is 5. The molecule has 0 aromatic carbocycles. The third-order valence-corrected chi connectivity index (χ3v) is 4.27. The molecule has 1 saturated heterocycles. The van der Waals surface area contributed by atoms with Gasteiger partial charge in [-0.2, -0.15) is 0 Å². The quantitative estimate of drug-likeness (QED) is 0.678. The smallest absolute Gasteiger partial charge is 0.258 e. The Morgan fingerprint density at radius 2 is 1.80 bits per heavy atom. The number of hydrogen-bond donors (Lipinski definition) is 2. The summed E-state index contributed by atoms with van der Waals surface area (Å²) in [6.45, 7) is 4.65. The van der Waals surface area contributed by atoms with Crippen molar-refractivity contribution in [3.63, 3.8) is 0 Å². The zero-order valence-electron chi connectivity index (χ0n) is 13.7. The Labute approximate surface area is 142 Å². The van der Waals surface area contributed by atoms with Crippen LogP contribution in [0, 0.1) is 6.92 Å². The van der Waals surface area contributed by atoms with Crippen LogP contribution in [0.5, 0.6) is 0 Å². The van der Waals surface area contributed by atoms with Crippen molar-refractivity contribution in [1.29, 1.82) is 0 Å². The Bertz CT molecular complexity index is 1030. The van der Waals surface area contributed by atoms with Crippen molar-refractivity contribution in [3.8, 4) is 0 Å². The first-order valence-corrected chi connectivity index (χ1v) is 8.01. The Morgan fingerprint density at radius 3 is 2.56 bits per heavy atom. The number of fused-ring (bicyclic) bond motifs is 1. The molecule has 0 unspecified atom stereocenters. The van der Waals surface area contributed by atoms with Gasteiger partial charge in [0, 0.05) is 37.9 Å². The predicted octanol–water partition coefficient (Wildman–Crippen LogP) is 0.0364. The molecule has 0 saturated carbocycles. The van der Waals surface area contributed by atoms with Gasteiger partial charge in [-0.15, -0.1) is 0 Å². The number of piperazine rings is 1. The number of nitrogens with one attached hydrogen (secondary N) is 2. The topological polar surface area (TPSA) is 111 Å². The summed E-state index contributed by atoms with van der Waals surface area (Å²) in [5.74, 6) is 1.34. The molecular formula is C16H17N7O2. The van der Waals surface area contributed by atoms with E-state index in [-0.39, 0.29) is 11.1 Å². The van der Waals surface area contributed by atoms with E-state index in [0.29, 0.717) is 48.7 Å². The lowest BCUT2D eigenvalue weighted by Crippen LogP contribution is -2.47.